The van der Waals surface area contributed by atoms with Crippen molar-refractivity contribution >= 4 is 6.09 Å². The smallest absolute Gasteiger partial charge is 0.410 e. The van der Waals surface area contributed by atoms with Crippen LogP contribution in [-0.4, -0.2) is 17.5 Å². The van der Waals surface area contributed by atoms with Gasteiger partial charge in [-0.2, -0.15) is 0 Å². The van der Waals surface area contributed by atoms with E-state index in [1.165, 1.54) is 57.3 Å². The maximum Gasteiger partial charge on any atom is 0.410 e. The van der Waals surface area contributed by atoms with Crippen LogP contribution < -0.4 is 0 Å². The molecule has 1 heterocycles. The first-order valence-electron chi connectivity index (χ1n) is 13.1. The summed E-state index contributed by atoms with van der Waals surface area (Å²) in [4.78, 5) is 15.1. The molecule has 3 heteroatoms. The highest BCUT2D eigenvalue weighted by atomic mass is 16.6. The number of rotatable bonds is 4. The molecule has 0 aromatic heterocycles. The van der Waals surface area contributed by atoms with Gasteiger partial charge in [0.25, 0.3) is 0 Å². The van der Waals surface area contributed by atoms with Crippen LogP contribution in [0.5, 0.6) is 0 Å². The largest absolute Gasteiger partial charge is 0.445 e. The summed E-state index contributed by atoms with van der Waals surface area (Å²) in [5.74, 6) is 0. The van der Waals surface area contributed by atoms with E-state index in [0.717, 1.165) is 24.8 Å². The normalized spacial score (nSPS) is 14.6. The monoisotopic (exact) mass is 473 g/mol. The summed E-state index contributed by atoms with van der Waals surface area (Å²) >= 11 is 0. The number of hydrogen-bond acceptors (Lipinski definition) is 2. The summed E-state index contributed by atoms with van der Waals surface area (Å²) in [5.41, 5.74) is 12.0. The standard InChI is InChI=1S/C33H31NO2/c35-33(36-23-24-12-4-1-5-13-24)34-21-20-29-30(22-34)32(26-16-8-3-9-17-26)28-19-11-10-18-27(28)31(29)25-14-6-2-7-15-25/h1-9,12-17H,10-11,18-23H2. The van der Waals surface area contributed by atoms with Gasteiger partial charge in [-0.15, -0.1) is 0 Å². The molecule has 0 saturated carbocycles. The van der Waals surface area contributed by atoms with Crippen LogP contribution in [0.1, 0.15) is 40.7 Å². The summed E-state index contributed by atoms with van der Waals surface area (Å²) in [6.45, 7) is 1.56. The Morgan fingerprint density at radius 3 is 1.72 bits per heavy atom. The van der Waals surface area contributed by atoms with Crippen LogP contribution in [0.4, 0.5) is 4.79 Å². The van der Waals surface area contributed by atoms with Crippen LogP contribution in [0.3, 0.4) is 0 Å². The third-order valence-corrected chi connectivity index (χ3v) is 7.61. The third-order valence-electron chi connectivity index (χ3n) is 7.61. The maximum atomic E-state index is 13.2. The van der Waals surface area contributed by atoms with E-state index < -0.39 is 0 Å². The fraction of sp³-hybridized carbons (Fsp3) is 0.242. The first kappa shape index (κ1) is 22.6. The van der Waals surface area contributed by atoms with E-state index in [2.05, 4.69) is 60.7 Å². The molecule has 0 saturated heterocycles. The topological polar surface area (TPSA) is 29.5 Å². The lowest BCUT2D eigenvalue weighted by atomic mass is 9.74. The molecule has 4 aromatic carbocycles. The number of amides is 1. The highest BCUT2D eigenvalue weighted by Gasteiger charge is 2.31. The lowest BCUT2D eigenvalue weighted by Gasteiger charge is -2.35. The van der Waals surface area contributed by atoms with Gasteiger partial charge in [-0.3, -0.25) is 0 Å². The van der Waals surface area contributed by atoms with Gasteiger partial charge in [0.2, 0.25) is 0 Å². The fourth-order valence-corrected chi connectivity index (χ4v) is 5.96. The number of fused-ring (bicyclic) bond motifs is 2. The molecule has 2 aliphatic rings. The van der Waals surface area contributed by atoms with Gasteiger partial charge in [-0.1, -0.05) is 91.0 Å². The van der Waals surface area contributed by atoms with Gasteiger partial charge in [0.15, 0.2) is 0 Å². The summed E-state index contributed by atoms with van der Waals surface area (Å²) in [7, 11) is 0. The Kier molecular flexibility index (Phi) is 6.29. The van der Waals surface area contributed by atoms with Crippen LogP contribution >= 0.6 is 0 Å². The van der Waals surface area contributed by atoms with Crippen LogP contribution in [0, 0.1) is 0 Å². The second kappa shape index (κ2) is 10.0. The molecule has 36 heavy (non-hydrogen) atoms. The van der Waals surface area contributed by atoms with Crippen molar-refractivity contribution in [1.29, 1.82) is 0 Å². The van der Waals surface area contributed by atoms with Crippen molar-refractivity contribution in [2.75, 3.05) is 6.54 Å². The summed E-state index contributed by atoms with van der Waals surface area (Å²) in [6, 6.07) is 31.5. The quantitative estimate of drug-likeness (QED) is 0.305. The number of carbonyl (C=O) groups excluding carboxylic acids is 1. The lowest BCUT2D eigenvalue weighted by Crippen LogP contribution is -2.37. The van der Waals surface area contributed by atoms with Crippen LogP contribution in [-0.2, 0) is 37.2 Å². The van der Waals surface area contributed by atoms with Gasteiger partial charge in [0.05, 0.1) is 0 Å². The zero-order valence-electron chi connectivity index (χ0n) is 20.6. The first-order valence-corrected chi connectivity index (χ1v) is 13.1. The Balaban J connectivity index is 1.44. The average Bonchev–Trinajstić information content (AvgIpc) is 2.95. The number of benzene rings is 4. The second-order valence-corrected chi connectivity index (χ2v) is 9.82. The van der Waals surface area contributed by atoms with E-state index >= 15 is 0 Å². The van der Waals surface area contributed by atoms with Crippen molar-refractivity contribution in [2.24, 2.45) is 0 Å². The molecule has 4 aromatic rings. The third kappa shape index (κ3) is 4.30. The molecular formula is C33H31NO2. The molecule has 1 aliphatic heterocycles. The molecule has 0 N–H and O–H groups in total. The molecule has 0 radical (unpaired) electrons. The van der Waals surface area contributed by atoms with E-state index in [-0.39, 0.29) is 6.09 Å². The van der Waals surface area contributed by atoms with Gasteiger partial charge >= 0.3 is 6.09 Å². The zero-order chi connectivity index (χ0) is 24.3. The van der Waals surface area contributed by atoms with Crippen molar-refractivity contribution in [1.82, 2.24) is 4.90 Å². The molecule has 0 spiro atoms. The summed E-state index contributed by atoms with van der Waals surface area (Å²) in [5, 5.41) is 0. The number of carbonyl (C=O) groups is 1. The number of nitrogens with zero attached hydrogens (tertiary/aromatic N) is 1. The Morgan fingerprint density at radius 2 is 1.14 bits per heavy atom. The minimum atomic E-state index is -0.234. The lowest BCUT2D eigenvalue weighted by molar-refractivity contribution is 0.0919. The van der Waals surface area contributed by atoms with E-state index in [0.29, 0.717) is 19.7 Å². The SMILES string of the molecule is O=C(OCc1ccccc1)N1CCc2c(c(-c3ccccc3)c3c(c2-c2ccccc2)CCCC3)C1. The van der Waals surface area contributed by atoms with Crippen LogP contribution in [0.15, 0.2) is 91.0 Å². The van der Waals surface area contributed by atoms with Gasteiger partial charge < -0.3 is 9.64 Å². The molecule has 1 aliphatic carbocycles. The second-order valence-electron chi connectivity index (χ2n) is 9.82. The highest BCUT2D eigenvalue weighted by Crippen LogP contribution is 2.45. The molecule has 6 rings (SSSR count). The fourth-order valence-electron chi connectivity index (χ4n) is 5.96. The van der Waals surface area contributed by atoms with E-state index in [9.17, 15) is 4.79 Å². The molecule has 0 unspecified atom stereocenters. The predicted molar refractivity (Wildman–Crippen MR) is 145 cm³/mol. The molecule has 180 valence electrons. The predicted octanol–water partition coefficient (Wildman–Crippen LogP) is 7.59. The van der Waals surface area contributed by atoms with Gasteiger partial charge in [0, 0.05) is 13.1 Å². The van der Waals surface area contributed by atoms with E-state index in [1.807, 2.05) is 35.2 Å². The minimum Gasteiger partial charge on any atom is -0.445 e. The Morgan fingerprint density at radius 1 is 0.639 bits per heavy atom. The number of hydrogen-bond donors (Lipinski definition) is 0. The molecular weight excluding hydrogens is 442 g/mol. The maximum absolute atomic E-state index is 13.2. The Labute approximate surface area is 213 Å². The zero-order valence-corrected chi connectivity index (χ0v) is 20.6. The summed E-state index contributed by atoms with van der Waals surface area (Å²) < 4.78 is 5.74. The van der Waals surface area contributed by atoms with Gasteiger partial charge in [-0.05, 0) is 82.2 Å². The molecule has 1 amide bonds. The molecule has 0 bridgehead atoms. The van der Waals surface area contributed by atoms with Crippen molar-refractivity contribution in [2.45, 2.75) is 45.3 Å². The van der Waals surface area contributed by atoms with E-state index in [4.69, 9.17) is 4.74 Å². The van der Waals surface area contributed by atoms with Crippen molar-refractivity contribution in [3.05, 3.63) is 119 Å². The molecule has 0 atom stereocenters. The van der Waals surface area contributed by atoms with Gasteiger partial charge in [-0.25, -0.2) is 4.79 Å². The van der Waals surface area contributed by atoms with Crippen molar-refractivity contribution in [3.63, 3.8) is 0 Å². The van der Waals surface area contributed by atoms with Crippen LogP contribution in [0.25, 0.3) is 22.3 Å². The van der Waals surface area contributed by atoms with Crippen molar-refractivity contribution in [3.8, 4) is 22.3 Å². The summed E-state index contributed by atoms with van der Waals surface area (Å²) in [6.07, 6.45) is 5.26. The van der Waals surface area contributed by atoms with Gasteiger partial charge in [0.1, 0.15) is 6.61 Å². The number of ether oxygens (including phenoxy) is 1. The minimum absolute atomic E-state index is 0.234. The Hall–Kier alpha value is -3.85. The molecule has 0 fully saturated rings. The average molecular weight is 474 g/mol. The highest BCUT2D eigenvalue weighted by molar-refractivity contribution is 5.85. The molecule has 3 nitrogen and oxygen atoms in total. The Bertz CT molecular complexity index is 1360. The van der Waals surface area contributed by atoms with Crippen LogP contribution in [0.2, 0.25) is 0 Å². The van der Waals surface area contributed by atoms with Crippen molar-refractivity contribution < 1.29 is 9.53 Å². The van der Waals surface area contributed by atoms with E-state index in [1.54, 1.807) is 0 Å². The first-order chi connectivity index (χ1) is 17.8.